The number of imidazole rings is 1. The lowest BCUT2D eigenvalue weighted by Crippen LogP contribution is -2.43. The van der Waals surface area contributed by atoms with E-state index in [1.807, 2.05) is 18.2 Å². The number of hydrogen-bond donors (Lipinski definition) is 1. The second kappa shape index (κ2) is 5.16. The molecule has 108 valence electrons. The van der Waals surface area contributed by atoms with Crippen molar-refractivity contribution in [3.63, 3.8) is 0 Å². The second-order valence-corrected chi connectivity index (χ2v) is 6.25. The maximum atomic E-state index is 6.08. The van der Waals surface area contributed by atoms with Crippen molar-refractivity contribution in [2.75, 3.05) is 18.0 Å². The van der Waals surface area contributed by atoms with Crippen LogP contribution >= 0.6 is 11.3 Å². The molecule has 0 radical (unpaired) electrons. The minimum atomic E-state index is 0.119. The van der Waals surface area contributed by atoms with E-state index in [1.54, 1.807) is 11.3 Å². The highest BCUT2D eigenvalue weighted by Gasteiger charge is 2.28. The van der Waals surface area contributed by atoms with E-state index in [-0.39, 0.29) is 12.2 Å². The molecule has 3 aromatic rings. The molecule has 0 aliphatic carbocycles. The monoisotopic (exact) mass is 299 g/mol. The molecule has 21 heavy (non-hydrogen) atoms. The number of aromatic nitrogens is 2. The Hall–Kier alpha value is -1.85. The summed E-state index contributed by atoms with van der Waals surface area (Å²) in [7, 11) is 0. The number of hydrogen-bond acceptors (Lipinski definition) is 4. The molecule has 1 aromatic carbocycles. The van der Waals surface area contributed by atoms with Crippen LogP contribution in [0.3, 0.4) is 0 Å². The zero-order chi connectivity index (χ0) is 14.2. The number of ether oxygens (including phenoxy) is 1. The molecule has 1 saturated heterocycles. The molecule has 2 atom stereocenters. The molecule has 0 amide bonds. The number of para-hydroxylation sites is 2. The smallest absolute Gasteiger partial charge is 0.204 e. The molecule has 0 bridgehead atoms. The van der Waals surface area contributed by atoms with Crippen molar-refractivity contribution in [1.29, 1.82) is 0 Å². The zero-order valence-corrected chi connectivity index (χ0v) is 12.6. The average molecular weight is 299 g/mol. The second-order valence-electron chi connectivity index (χ2n) is 5.47. The van der Waals surface area contributed by atoms with Gasteiger partial charge < -0.3 is 14.6 Å². The fourth-order valence-electron chi connectivity index (χ4n) is 2.86. The largest absolute Gasteiger partial charge is 0.367 e. The molecule has 0 saturated carbocycles. The number of nitrogens with zero attached hydrogens (tertiary/aromatic N) is 2. The van der Waals surface area contributed by atoms with Gasteiger partial charge in [0.2, 0.25) is 5.95 Å². The van der Waals surface area contributed by atoms with Crippen molar-refractivity contribution in [1.82, 2.24) is 9.97 Å². The molecule has 1 N–H and O–H groups in total. The molecule has 4 rings (SSSR count). The number of thiophene rings is 1. The molecule has 4 nitrogen and oxygen atoms in total. The Labute approximate surface area is 127 Å². The van der Waals surface area contributed by atoms with E-state index in [4.69, 9.17) is 9.72 Å². The van der Waals surface area contributed by atoms with Crippen LogP contribution in [0.4, 0.5) is 5.95 Å². The van der Waals surface area contributed by atoms with Crippen LogP contribution in [0.15, 0.2) is 41.1 Å². The highest BCUT2D eigenvalue weighted by Crippen LogP contribution is 2.29. The standard InChI is InChI=1S/C16H17N3OS/c1-11-8-19(9-15(20-11)12-6-7-21-10-12)16-17-13-4-2-3-5-14(13)18-16/h2-7,10-11,15H,8-9H2,1H3,(H,17,18). The summed E-state index contributed by atoms with van der Waals surface area (Å²) in [5.41, 5.74) is 3.35. The van der Waals surface area contributed by atoms with E-state index in [0.29, 0.717) is 0 Å². The first-order valence-electron chi connectivity index (χ1n) is 7.17. The van der Waals surface area contributed by atoms with Crippen LogP contribution in [-0.2, 0) is 4.74 Å². The van der Waals surface area contributed by atoms with Crippen LogP contribution < -0.4 is 4.90 Å². The molecule has 1 aliphatic heterocycles. The van der Waals surface area contributed by atoms with Crippen molar-refractivity contribution in [2.45, 2.75) is 19.1 Å². The third-order valence-electron chi connectivity index (χ3n) is 3.85. The fraction of sp³-hybridized carbons (Fsp3) is 0.312. The number of anilines is 1. The van der Waals surface area contributed by atoms with E-state index < -0.39 is 0 Å². The number of morpholine rings is 1. The number of nitrogens with one attached hydrogen (secondary N) is 1. The molecule has 5 heteroatoms. The van der Waals surface area contributed by atoms with Gasteiger partial charge in [0.1, 0.15) is 6.10 Å². The van der Waals surface area contributed by atoms with E-state index in [0.717, 1.165) is 30.1 Å². The summed E-state index contributed by atoms with van der Waals surface area (Å²) in [6.45, 7) is 3.82. The van der Waals surface area contributed by atoms with E-state index in [9.17, 15) is 0 Å². The Morgan fingerprint density at radius 3 is 3.00 bits per heavy atom. The third kappa shape index (κ3) is 2.43. The summed E-state index contributed by atoms with van der Waals surface area (Å²) >= 11 is 1.71. The first kappa shape index (κ1) is 12.9. The maximum Gasteiger partial charge on any atom is 0.204 e. The first-order chi connectivity index (χ1) is 10.3. The van der Waals surface area contributed by atoms with Gasteiger partial charge in [-0.25, -0.2) is 4.98 Å². The highest BCUT2D eigenvalue weighted by molar-refractivity contribution is 7.07. The van der Waals surface area contributed by atoms with Gasteiger partial charge in [-0.2, -0.15) is 11.3 Å². The summed E-state index contributed by atoms with van der Waals surface area (Å²) in [5, 5.41) is 4.27. The minimum absolute atomic E-state index is 0.119. The van der Waals surface area contributed by atoms with Crippen molar-refractivity contribution in [3.05, 3.63) is 46.7 Å². The Morgan fingerprint density at radius 1 is 1.29 bits per heavy atom. The summed E-state index contributed by atoms with van der Waals surface area (Å²) in [5.74, 6) is 0.937. The summed E-state index contributed by atoms with van der Waals surface area (Å²) < 4.78 is 6.08. The van der Waals surface area contributed by atoms with Gasteiger partial charge in [-0.1, -0.05) is 12.1 Å². The van der Waals surface area contributed by atoms with Crippen LogP contribution in [0.25, 0.3) is 11.0 Å². The first-order valence-corrected chi connectivity index (χ1v) is 8.11. The Morgan fingerprint density at radius 2 is 2.19 bits per heavy atom. The molecule has 1 fully saturated rings. The van der Waals surface area contributed by atoms with Crippen molar-refractivity contribution in [2.24, 2.45) is 0 Å². The van der Waals surface area contributed by atoms with Gasteiger partial charge >= 0.3 is 0 Å². The summed E-state index contributed by atoms with van der Waals surface area (Å²) in [4.78, 5) is 10.4. The van der Waals surface area contributed by atoms with E-state index in [2.05, 4.69) is 39.7 Å². The number of fused-ring (bicyclic) bond motifs is 1. The van der Waals surface area contributed by atoms with Gasteiger partial charge in [0.15, 0.2) is 0 Å². The van der Waals surface area contributed by atoms with Crippen molar-refractivity contribution in [3.8, 4) is 0 Å². The molecular weight excluding hydrogens is 282 g/mol. The lowest BCUT2D eigenvalue weighted by Gasteiger charge is -2.36. The Balaban J connectivity index is 1.64. The van der Waals surface area contributed by atoms with Gasteiger partial charge in [-0.15, -0.1) is 0 Å². The van der Waals surface area contributed by atoms with Gasteiger partial charge in [-0.3, -0.25) is 0 Å². The summed E-state index contributed by atoms with van der Waals surface area (Å²) in [6, 6.07) is 10.3. The maximum absolute atomic E-state index is 6.08. The third-order valence-corrected chi connectivity index (χ3v) is 4.55. The van der Waals surface area contributed by atoms with Gasteiger partial charge in [0.25, 0.3) is 0 Å². The molecule has 0 spiro atoms. The van der Waals surface area contributed by atoms with Crippen LogP contribution in [0, 0.1) is 0 Å². The van der Waals surface area contributed by atoms with E-state index in [1.165, 1.54) is 5.56 Å². The predicted octanol–water partition coefficient (Wildman–Crippen LogP) is 3.59. The SMILES string of the molecule is CC1CN(c2nc3ccccc3[nH]2)CC(c2ccsc2)O1. The highest BCUT2D eigenvalue weighted by atomic mass is 32.1. The number of H-pyrrole nitrogens is 1. The molecule has 2 unspecified atom stereocenters. The summed E-state index contributed by atoms with van der Waals surface area (Å²) in [6.07, 6.45) is 0.310. The molecule has 1 aliphatic rings. The fourth-order valence-corrected chi connectivity index (χ4v) is 3.56. The number of benzene rings is 1. The lowest BCUT2D eigenvalue weighted by molar-refractivity contribution is -0.0175. The minimum Gasteiger partial charge on any atom is -0.367 e. The lowest BCUT2D eigenvalue weighted by atomic mass is 10.1. The number of rotatable bonds is 2. The quantitative estimate of drug-likeness (QED) is 0.786. The number of aromatic amines is 1. The van der Waals surface area contributed by atoms with Gasteiger partial charge in [-0.05, 0) is 41.4 Å². The molecule has 2 aromatic heterocycles. The Bertz CT molecular complexity index is 704. The van der Waals surface area contributed by atoms with Crippen LogP contribution in [0.2, 0.25) is 0 Å². The Kier molecular flexibility index (Phi) is 3.16. The van der Waals surface area contributed by atoms with Crippen LogP contribution in [0.1, 0.15) is 18.6 Å². The zero-order valence-electron chi connectivity index (χ0n) is 11.8. The molecule has 3 heterocycles. The predicted molar refractivity (Wildman–Crippen MR) is 85.9 cm³/mol. The van der Waals surface area contributed by atoms with Crippen molar-refractivity contribution >= 4 is 28.3 Å². The van der Waals surface area contributed by atoms with Crippen LogP contribution in [-0.4, -0.2) is 29.2 Å². The topological polar surface area (TPSA) is 41.2 Å². The average Bonchev–Trinajstić information content (AvgIpc) is 3.16. The molecular formula is C16H17N3OS. The van der Waals surface area contributed by atoms with Crippen LogP contribution in [0.5, 0.6) is 0 Å². The van der Waals surface area contributed by atoms with Gasteiger partial charge in [0.05, 0.1) is 23.7 Å². The normalized spacial score (nSPS) is 22.8. The van der Waals surface area contributed by atoms with E-state index >= 15 is 0 Å². The van der Waals surface area contributed by atoms with Crippen molar-refractivity contribution < 1.29 is 4.74 Å². The van der Waals surface area contributed by atoms with Gasteiger partial charge in [0, 0.05) is 6.54 Å².